The van der Waals surface area contributed by atoms with Gasteiger partial charge < -0.3 is 14.1 Å². The summed E-state index contributed by atoms with van der Waals surface area (Å²) in [6.45, 7) is 0. The minimum atomic E-state index is -3.63. The van der Waals surface area contributed by atoms with Gasteiger partial charge in [-0.05, 0) is 97.1 Å². The third-order valence-electron chi connectivity index (χ3n) is 9.15. The van der Waals surface area contributed by atoms with Crippen LogP contribution in [0.25, 0.3) is 0 Å². The largest absolute Gasteiger partial charge is 0.672 e. The molecule has 0 amide bonds. The van der Waals surface area contributed by atoms with E-state index in [1.165, 1.54) is 42.4 Å². The molecule has 0 N–H and O–H groups in total. The lowest BCUT2D eigenvalue weighted by Gasteiger charge is -2.27. The Morgan fingerprint density at radius 3 is 0.426 bits per heavy atom. The van der Waals surface area contributed by atoms with E-state index in [1.807, 2.05) is 0 Å². The first-order valence-corrected chi connectivity index (χ1v) is 22.5. The van der Waals surface area contributed by atoms with Crippen LogP contribution in [0.1, 0.15) is 0 Å². The molecule has 0 spiro atoms. The van der Waals surface area contributed by atoms with Crippen molar-refractivity contribution in [2.75, 3.05) is 0 Å². The van der Waals surface area contributed by atoms with Gasteiger partial charge in [-0.15, -0.1) is 0 Å². The molecule has 0 unspecified atom stereocenters. The molecule has 0 aliphatic carbocycles. The van der Waals surface area contributed by atoms with Crippen LogP contribution in [0.5, 0.6) is 0 Å². The minimum Gasteiger partial charge on any atom is -0.672 e. The highest BCUT2D eigenvalue weighted by atomic mass is 31.2. The van der Waals surface area contributed by atoms with Crippen LogP contribution in [0.2, 0.25) is 0 Å². The maximum absolute atomic E-state index is 8.52. The van der Waals surface area contributed by atoms with E-state index in [9.17, 15) is 0 Å². The van der Waals surface area contributed by atoms with Gasteiger partial charge in [0.1, 0.15) is 57.0 Å². The van der Waals surface area contributed by atoms with E-state index in [-0.39, 0.29) is 0 Å². The molecule has 0 atom stereocenters. The Hall–Kier alpha value is -5.76. The van der Waals surface area contributed by atoms with Gasteiger partial charge in [-0.3, -0.25) is 0 Å². The fourth-order valence-corrected chi connectivity index (χ4v) is 15.5. The van der Waals surface area contributed by atoms with Crippen LogP contribution in [0, 0.1) is 0 Å². The lowest BCUT2D eigenvalue weighted by Crippen LogP contribution is -2.38. The molecule has 0 saturated heterocycles. The van der Waals surface area contributed by atoms with Gasteiger partial charge in [0.2, 0.25) is 0 Å². The Morgan fingerprint density at radius 2 is 0.333 bits per heavy atom. The Labute approximate surface area is 321 Å². The summed E-state index contributed by atoms with van der Waals surface area (Å²) >= 11 is 0. The van der Waals surface area contributed by atoms with Crippen molar-refractivity contribution in [3.63, 3.8) is 0 Å². The van der Waals surface area contributed by atoms with Crippen LogP contribution in [0.4, 0.5) is 0 Å². The highest BCUT2D eigenvalue weighted by Crippen LogP contribution is 2.55. The Balaban J connectivity index is 0.000000168. The van der Waals surface area contributed by atoms with Gasteiger partial charge in [0.25, 0.3) is 0 Å². The lowest BCUT2D eigenvalue weighted by molar-refractivity contribution is -0.354. The van der Waals surface area contributed by atoms with Crippen molar-refractivity contribution in [3.8, 4) is 0 Å². The van der Waals surface area contributed by atoms with Crippen molar-refractivity contribution >= 4 is 66.1 Å². The van der Waals surface area contributed by atoms with Crippen molar-refractivity contribution < 1.29 is 14.1 Å². The lowest BCUT2D eigenvalue weighted by atomic mass is 10.3. The predicted octanol–water partition coefficient (Wildman–Crippen LogP) is 5.73. The van der Waals surface area contributed by atoms with Gasteiger partial charge in [0.05, 0.1) is 0 Å². The predicted molar refractivity (Wildman–Crippen MR) is 229 cm³/mol. The monoisotopic (exact) mass is 754 g/mol. The standard InChI is InChI=1S/2C24H20P.O3Si/c2*1-5-13-21(14-6-1)25(22-15-7-2-8-16-22,23-17-9-3-10-18-23)24-19-11-4-12-20-24;1-4(2)3/h2*1-20H;/q2*+1;-2. The van der Waals surface area contributed by atoms with E-state index < -0.39 is 23.7 Å². The Morgan fingerprint density at radius 1 is 0.241 bits per heavy atom. The van der Waals surface area contributed by atoms with Gasteiger partial charge in [-0.25, -0.2) is 0 Å². The summed E-state index contributed by atoms with van der Waals surface area (Å²) in [5.74, 6) is 0. The summed E-state index contributed by atoms with van der Waals surface area (Å²) in [7, 11) is -7.44. The summed E-state index contributed by atoms with van der Waals surface area (Å²) in [5.41, 5.74) is 0. The molecule has 8 rings (SSSR count). The second-order valence-electron chi connectivity index (χ2n) is 12.3. The topological polar surface area (TPSA) is 63.2 Å². The van der Waals surface area contributed by atoms with Crippen molar-refractivity contribution in [2.24, 2.45) is 0 Å². The van der Waals surface area contributed by atoms with Crippen molar-refractivity contribution in [1.82, 2.24) is 0 Å². The molecule has 0 radical (unpaired) electrons. The molecule has 0 heterocycles. The highest BCUT2D eigenvalue weighted by molar-refractivity contribution is 8.02. The molecule has 0 bridgehead atoms. The normalized spacial score (nSPS) is 10.8. The van der Waals surface area contributed by atoms with Crippen LogP contribution >= 0.6 is 14.5 Å². The average Bonchev–Trinajstić information content (AvgIpc) is 3.25. The van der Waals surface area contributed by atoms with Gasteiger partial charge in [-0.1, -0.05) is 146 Å². The van der Waals surface area contributed by atoms with Gasteiger partial charge in [0.15, 0.2) is 0 Å². The zero-order valence-corrected chi connectivity index (χ0v) is 32.5. The summed E-state index contributed by atoms with van der Waals surface area (Å²) in [5, 5.41) is 11.1. The molecule has 3 nitrogen and oxygen atoms in total. The van der Waals surface area contributed by atoms with E-state index in [0.717, 1.165) is 0 Å². The van der Waals surface area contributed by atoms with Crippen LogP contribution in [0.15, 0.2) is 243 Å². The van der Waals surface area contributed by atoms with Gasteiger partial charge in [-0.2, -0.15) is 0 Å². The van der Waals surface area contributed by atoms with Crippen LogP contribution in [0.3, 0.4) is 0 Å². The fraction of sp³-hybridized carbons (Fsp3) is 0. The van der Waals surface area contributed by atoms with Gasteiger partial charge in [0, 0.05) is 9.17 Å². The molecule has 0 aliphatic rings. The fourth-order valence-electron chi connectivity index (χ4n) is 7.00. The molecule has 8 aromatic rings. The van der Waals surface area contributed by atoms with Crippen LogP contribution < -0.4 is 52.0 Å². The van der Waals surface area contributed by atoms with Crippen LogP contribution in [-0.4, -0.2) is 9.17 Å². The summed E-state index contributed by atoms with van der Waals surface area (Å²) in [4.78, 5) is 17.0. The number of benzene rings is 8. The zero-order valence-electron chi connectivity index (χ0n) is 29.7. The molecule has 0 aliphatic heterocycles. The molecule has 6 heteroatoms. The average molecular weight is 755 g/mol. The molecule has 0 fully saturated rings. The highest BCUT2D eigenvalue weighted by Gasteiger charge is 2.48. The summed E-state index contributed by atoms with van der Waals surface area (Å²) < 4.78 is 8.52. The maximum atomic E-state index is 8.52. The molecule has 54 heavy (non-hydrogen) atoms. The van der Waals surface area contributed by atoms with E-state index >= 15 is 0 Å². The molecule has 0 saturated carbocycles. The Kier molecular flexibility index (Phi) is 13.2. The second kappa shape index (κ2) is 18.8. The van der Waals surface area contributed by atoms with Crippen molar-refractivity contribution in [2.45, 2.75) is 0 Å². The third-order valence-corrected chi connectivity index (χ3v) is 17.7. The zero-order chi connectivity index (χ0) is 37.5. The molecular formula is C48H40O3P2Si. The SMILES string of the molecule is O=[Si]([O-])[O-].c1ccc([P+](c2ccccc2)(c2ccccc2)c2ccccc2)cc1.c1ccc([P+](c2ccccc2)(c2ccccc2)c2ccccc2)cc1. The third kappa shape index (κ3) is 8.38. The maximum Gasteiger partial charge on any atom is 0.144 e. The number of hydrogen-bond acceptors (Lipinski definition) is 3. The summed E-state index contributed by atoms with van der Waals surface area (Å²) in [6.07, 6.45) is 0. The first kappa shape index (κ1) is 38.0. The van der Waals surface area contributed by atoms with Gasteiger partial charge >= 0.3 is 0 Å². The Bertz CT molecular complexity index is 1790. The van der Waals surface area contributed by atoms with Crippen molar-refractivity contribution in [1.29, 1.82) is 0 Å². The number of rotatable bonds is 8. The molecule has 8 aromatic carbocycles. The van der Waals surface area contributed by atoms with Crippen molar-refractivity contribution in [3.05, 3.63) is 243 Å². The van der Waals surface area contributed by atoms with E-state index in [1.54, 1.807) is 0 Å². The molecule has 264 valence electrons. The second-order valence-corrected chi connectivity index (χ2v) is 19.6. The molecule has 0 aromatic heterocycles. The van der Waals surface area contributed by atoms with Crippen LogP contribution in [-0.2, 0) is 4.46 Å². The summed E-state index contributed by atoms with van der Waals surface area (Å²) in [6, 6.07) is 87.7. The first-order valence-electron chi connectivity index (χ1n) is 17.7. The van der Waals surface area contributed by atoms with E-state index in [4.69, 9.17) is 14.1 Å². The smallest absolute Gasteiger partial charge is 0.144 e. The number of hydrogen-bond donors (Lipinski definition) is 0. The quantitative estimate of drug-likeness (QED) is 0.147. The van der Waals surface area contributed by atoms with E-state index in [2.05, 4.69) is 243 Å². The first-order chi connectivity index (χ1) is 26.6. The van der Waals surface area contributed by atoms with E-state index in [0.29, 0.717) is 0 Å². The minimum absolute atomic E-state index is 1.39. The molecular weight excluding hydrogens is 715 g/mol.